The number of carbonyl (C=O) groups excluding carboxylic acids is 1. The predicted octanol–water partition coefficient (Wildman–Crippen LogP) is 6.87. The monoisotopic (exact) mass is 414 g/mol. The maximum atomic E-state index is 13.5. The Kier molecular flexibility index (Phi) is 5.03. The number of nitrogens with one attached hydrogen (secondary N) is 1. The highest BCUT2D eigenvalue weighted by Crippen LogP contribution is 2.44. The summed E-state index contributed by atoms with van der Waals surface area (Å²) in [6.45, 7) is 4.41. The average Bonchev–Trinajstić information content (AvgIpc) is 3.23. The third-order valence-electron chi connectivity index (χ3n) is 6.33. The molecule has 0 radical (unpaired) electrons. The second-order valence-electron chi connectivity index (χ2n) is 8.63. The Morgan fingerprint density at radius 3 is 2.53 bits per heavy atom. The van der Waals surface area contributed by atoms with Crippen LogP contribution in [0.3, 0.4) is 0 Å². The van der Waals surface area contributed by atoms with Gasteiger partial charge in [-0.05, 0) is 47.0 Å². The van der Waals surface area contributed by atoms with Gasteiger partial charge in [0.15, 0.2) is 0 Å². The van der Waals surface area contributed by atoms with Crippen LogP contribution in [0, 0.1) is 5.92 Å². The highest BCUT2D eigenvalue weighted by Gasteiger charge is 2.41. The smallest absolute Gasteiger partial charge is 0.144 e. The van der Waals surface area contributed by atoms with Crippen molar-refractivity contribution >= 4 is 34.2 Å². The summed E-state index contributed by atoms with van der Waals surface area (Å²) in [6.07, 6.45) is 1.43. The van der Waals surface area contributed by atoms with E-state index in [1.165, 1.54) is 10.4 Å². The van der Waals surface area contributed by atoms with Crippen molar-refractivity contribution in [2.75, 3.05) is 5.32 Å². The van der Waals surface area contributed by atoms with Crippen molar-refractivity contribution in [3.05, 3.63) is 82.0 Å². The molecule has 1 aliphatic heterocycles. The summed E-state index contributed by atoms with van der Waals surface area (Å²) in [6, 6.07) is 21.0. The second kappa shape index (κ2) is 7.84. The van der Waals surface area contributed by atoms with Crippen LogP contribution in [-0.2, 0) is 4.79 Å². The lowest BCUT2D eigenvalue weighted by Crippen LogP contribution is -2.38. The maximum Gasteiger partial charge on any atom is 0.144 e. The molecule has 2 aliphatic rings. The highest BCUT2D eigenvalue weighted by molar-refractivity contribution is 7.10. The number of para-hydroxylation sites is 2. The topological polar surface area (TPSA) is 41.5 Å². The molecule has 0 amide bonds. The first-order valence-electron chi connectivity index (χ1n) is 10.7. The van der Waals surface area contributed by atoms with Gasteiger partial charge in [-0.15, -0.1) is 11.3 Å². The summed E-state index contributed by atoms with van der Waals surface area (Å²) >= 11 is 1.74. The van der Waals surface area contributed by atoms with Crippen LogP contribution in [0.2, 0.25) is 0 Å². The zero-order chi connectivity index (χ0) is 20.7. The van der Waals surface area contributed by atoms with Gasteiger partial charge in [-0.1, -0.05) is 56.3 Å². The molecule has 2 heterocycles. The molecule has 1 N–H and O–H groups in total. The Bertz CT molecular complexity index is 1080. The average molecular weight is 415 g/mol. The van der Waals surface area contributed by atoms with Crippen LogP contribution in [0.25, 0.3) is 0 Å². The summed E-state index contributed by atoms with van der Waals surface area (Å²) < 4.78 is 0. The summed E-state index contributed by atoms with van der Waals surface area (Å²) in [4.78, 5) is 19.8. The Labute approximate surface area is 181 Å². The van der Waals surface area contributed by atoms with E-state index < -0.39 is 0 Å². The third-order valence-corrected chi connectivity index (χ3v) is 7.36. The molecule has 0 bridgehead atoms. The summed E-state index contributed by atoms with van der Waals surface area (Å²) in [5, 5.41) is 5.76. The van der Waals surface area contributed by atoms with Gasteiger partial charge in [0.25, 0.3) is 0 Å². The Hall–Kier alpha value is -2.72. The number of carbonyl (C=O) groups is 1. The summed E-state index contributed by atoms with van der Waals surface area (Å²) in [5.41, 5.74) is 5.40. The molecule has 1 saturated carbocycles. The van der Waals surface area contributed by atoms with Gasteiger partial charge < -0.3 is 5.32 Å². The quantitative estimate of drug-likeness (QED) is 0.508. The molecule has 2 aromatic carbocycles. The minimum absolute atomic E-state index is 0.0922. The number of nitrogens with zero attached hydrogens (tertiary/aromatic N) is 1. The number of ketones is 1. The molecule has 0 spiro atoms. The van der Waals surface area contributed by atoms with Crippen molar-refractivity contribution in [3.8, 4) is 0 Å². The van der Waals surface area contributed by atoms with E-state index in [1.54, 1.807) is 11.3 Å². The number of benzene rings is 2. The van der Waals surface area contributed by atoms with Crippen LogP contribution in [0.15, 0.2) is 71.0 Å². The van der Waals surface area contributed by atoms with Crippen LogP contribution in [-0.4, -0.2) is 11.5 Å². The molecule has 1 aromatic heterocycles. The van der Waals surface area contributed by atoms with Crippen LogP contribution in [0.5, 0.6) is 0 Å². The largest absolute Gasteiger partial charge is 0.375 e. The first kappa shape index (κ1) is 19.3. The molecule has 0 saturated heterocycles. The first-order chi connectivity index (χ1) is 14.6. The third kappa shape index (κ3) is 3.50. The van der Waals surface area contributed by atoms with Gasteiger partial charge in [-0.25, -0.2) is 0 Å². The standard InChI is InChI=1S/C26H26N2OS/c1-16(2)17-9-11-18(12-10-17)26-25-22(27-20-6-3-4-7-21(20)28-26)14-19(15-23(25)29)24-8-5-13-30-24/h3-13,16,19,25-26,28H,14-15H2,1-2H3. The molecule has 3 unspecified atom stereocenters. The van der Waals surface area contributed by atoms with Crippen LogP contribution < -0.4 is 5.32 Å². The van der Waals surface area contributed by atoms with Crippen LogP contribution >= 0.6 is 11.3 Å². The molecule has 30 heavy (non-hydrogen) atoms. The van der Waals surface area contributed by atoms with E-state index in [1.807, 2.05) is 18.2 Å². The molecule has 1 aliphatic carbocycles. The number of fused-ring (bicyclic) bond motifs is 2. The van der Waals surface area contributed by atoms with E-state index in [2.05, 4.69) is 67.0 Å². The van der Waals surface area contributed by atoms with Gasteiger partial charge in [0.2, 0.25) is 0 Å². The van der Waals surface area contributed by atoms with E-state index >= 15 is 0 Å². The summed E-state index contributed by atoms with van der Waals surface area (Å²) in [7, 11) is 0. The molecular formula is C26H26N2OS. The fourth-order valence-corrected chi connectivity index (χ4v) is 5.52. The van der Waals surface area contributed by atoms with Gasteiger partial charge in [-0.3, -0.25) is 9.79 Å². The molecule has 1 fully saturated rings. The van der Waals surface area contributed by atoms with E-state index in [4.69, 9.17) is 4.99 Å². The maximum absolute atomic E-state index is 13.5. The molecule has 3 aromatic rings. The van der Waals surface area contributed by atoms with Crippen molar-refractivity contribution in [1.82, 2.24) is 0 Å². The van der Waals surface area contributed by atoms with Crippen molar-refractivity contribution in [3.63, 3.8) is 0 Å². The van der Waals surface area contributed by atoms with Gasteiger partial charge in [0.1, 0.15) is 5.78 Å². The number of hydrogen-bond donors (Lipinski definition) is 1. The molecule has 5 rings (SSSR count). The molecular weight excluding hydrogens is 388 g/mol. The van der Waals surface area contributed by atoms with Crippen molar-refractivity contribution < 1.29 is 4.79 Å². The highest BCUT2D eigenvalue weighted by atomic mass is 32.1. The molecule has 3 nitrogen and oxygen atoms in total. The second-order valence-corrected chi connectivity index (χ2v) is 9.61. The normalized spacial score (nSPS) is 23.2. The number of rotatable bonds is 3. The Balaban J connectivity index is 1.57. The SMILES string of the molecule is CC(C)c1ccc(C2Nc3ccccc3N=C3CC(c4cccs4)CC(=O)C32)cc1. The number of Topliss-reactive ketones (excluding diaryl/α,β-unsaturated/α-hetero) is 1. The minimum Gasteiger partial charge on any atom is -0.375 e. The van der Waals surface area contributed by atoms with Crippen LogP contribution in [0.4, 0.5) is 11.4 Å². The molecule has 152 valence electrons. The first-order valence-corrected chi connectivity index (χ1v) is 11.6. The number of thiophene rings is 1. The number of anilines is 1. The lowest BCUT2D eigenvalue weighted by atomic mass is 9.74. The van der Waals surface area contributed by atoms with E-state index in [0.717, 1.165) is 29.1 Å². The zero-order valence-electron chi connectivity index (χ0n) is 17.3. The van der Waals surface area contributed by atoms with Crippen molar-refractivity contribution in [1.29, 1.82) is 0 Å². The van der Waals surface area contributed by atoms with Gasteiger partial charge in [-0.2, -0.15) is 0 Å². The molecule has 4 heteroatoms. The lowest BCUT2D eigenvalue weighted by molar-refractivity contribution is -0.122. The van der Waals surface area contributed by atoms with Crippen LogP contribution in [0.1, 0.15) is 60.6 Å². The van der Waals surface area contributed by atoms with E-state index in [9.17, 15) is 4.79 Å². The lowest BCUT2D eigenvalue weighted by Gasteiger charge is -2.33. The number of aliphatic imine (C=N–C) groups is 1. The zero-order valence-corrected chi connectivity index (χ0v) is 18.2. The van der Waals surface area contributed by atoms with Crippen molar-refractivity contribution in [2.24, 2.45) is 10.9 Å². The fourth-order valence-electron chi connectivity index (χ4n) is 4.69. The Morgan fingerprint density at radius 1 is 1.00 bits per heavy atom. The fraction of sp³-hybridized carbons (Fsp3) is 0.308. The summed E-state index contributed by atoms with van der Waals surface area (Å²) in [5.74, 6) is 0.791. The number of hydrogen-bond acceptors (Lipinski definition) is 4. The predicted molar refractivity (Wildman–Crippen MR) is 125 cm³/mol. The van der Waals surface area contributed by atoms with Gasteiger partial charge >= 0.3 is 0 Å². The molecule has 3 atom stereocenters. The van der Waals surface area contributed by atoms with Crippen molar-refractivity contribution in [2.45, 2.75) is 44.6 Å². The van der Waals surface area contributed by atoms with Gasteiger partial charge in [0.05, 0.1) is 23.3 Å². The minimum atomic E-state index is -0.224. The van der Waals surface area contributed by atoms with E-state index in [-0.39, 0.29) is 23.7 Å². The van der Waals surface area contributed by atoms with E-state index in [0.29, 0.717) is 12.3 Å². The van der Waals surface area contributed by atoms with Gasteiger partial charge in [0, 0.05) is 22.9 Å². The Morgan fingerprint density at radius 2 is 1.80 bits per heavy atom.